The van der Waals surface area contributed by atoms with Crippen LogP contribution in [-0.2, 0) is 4.79 Å². The van der Waals surface area contributed by atoms with Gasteiger partial charge in [-0.05, 0) is 31.1 Å². The summed E-state index contributed by atoms with van der Waals surface area (Å²) in [6.45, 7) is 0. The number of carbonyl (C=O) groups is 1. The fraction of sp³-hybridized carbons (Fsp3) is 0.214. The molecule has 2 nitrogen and oxygen atoms in total. The molecule has 0 bridgehead atoms. The van der Waals surface area contributed by atoms with E-state index in [1.165, 1.54) is 12.1 Å². The van der Waals surface area contributed by atoms with Gasteiger partial charge in [-0.3, -0.25) is 0 Å². The Balaban J connectivity index is 2.31. The van der Waals surface area contributed by atoms with Gasteiger partial charge in [-0.15, -0.1) is 0 Å². The van der Waals surface area contributed by atoms with Gasteiger partial charge in [-0.2, -0.15) is 13.2 Å². The van der Waals surface area contributed by atoms with Crippen molar-refractivity contribution < 1.29 is 22.7 Å². The normalized spacial score (nSPS) is 15.9. The van der Waals surface area contributed by atoms with Gasteiger partial charge in [0, 0.05) is 5.03 Å². The molecule has 0 N–H and O–H groups in total. The van der Waals surface area contributed by atoms with E-state index in [1.807, 2.05) is 0 Å². The number of esters is 1. The van der Waals surface area contributed by atoms with E-state index in [1.54, 1.807) is 18.2 Å². The van der Waals surface area contributed by atoms with E-state index in [-0.39, 0.29) is 23.6 Å². The van der Waals surface area contributed by atoms with Gasteiger partial charge in [0.25, 0.3) is 0 Å². The molecule has 106 valence electrons. The van der Waals surface area contributed by atoms with Crippen molar-refractivity contribution >= 4 is 17.6 Å². The average molecular weight is 303 g/mol. The quantitative estimate of drug-likeness (QED) is 0.599. The largest absolute Gasteiger partial charge is 0.423 e. The van der Waals surface area contributed by atoms with E-state index < -0.39 is 23.3 Å². The lowest BCUT2D eigenvalue weighted by Gasteiger charge is -2.18. The van der Waals surface area contributed by atoms with Crippen LogP contribution in [0.3, 0.4) is 0 Å². The molecule has 0 amide bonds. The van der Waals surface area contributed by atoms with Crippen molar-refractivity contribution in [3.05, 3.63) is 52.6 Å². The molecule has 0 aliphatic heterocycles. The van der Waals surface area contributed by atoms with Crippen molar-refractivity contribution in [2.75, 3.05) is 0 Å². The lowest BCUT2D eigenvalue weighted by molar-refractivity contribution is -0.131. The molecule has 1 aliphatic carbocycles. The highest BCUT2D eigenvalue weighted by molar-refractivity contribution is 6.30. The van der Waals surface area contributed by atoms with Crippen LogP contribution >= 0.6 is 11.6 Å². The molecular weight excluding hydrogens is 293 g/mol. The van der Waals surface area contributed by atoms with Crippen LogP contribution in [-0.4, -0.2) is 12.1 Å². The number of hydrogen-bond donors (Lipinski definition) is 0. The Morgan fingerprint density at radius 3 is 2.40 bits per heavy atom. The summed E-state index contributed by atoms with van der Waals surface area (Å²) in [4.78, 5) is 11.9. The van der Waals surface area contributed by atoms with Gasteiger partial charge in [0.2, 0.25) is 0 Å². The van der Waals surface area contributed by atoms with Gasteiger partial charge in [0.15, 0.2) is 0 Å². The van der Waals surface area contributed by atoms with Crippen LogP contribution in [0.5, 0.6) is 5.75 Å². The molecule has 0 heterocycles. The molecule has 1 aromatic rings. The maximum atomic E-state index is 12.9. The molecular formula is C14H10ClF3O2. The van der Waals surface area contributed by atoms with Gasteiger partial charge in [-0.1, -0.05) is 29.8 Å². The summed E-state index contributed by atoms with van der Waals surface area (Å²) in [5.41, 5.74) is -1.43. The van der Waals surface area contributed by atoms with Crippen LogP contribution in [0.4, 0.5) is 13.2 Å². The first-order valence-electron chi connectivity index (χ1n) is 5.81. The molecule has 0 spiro atoms. The van der Waals surface area contributed by atoms with Gasteiger partial charge in [-0.25, -0.2) is 4.79 Å². The molecule has 0 saturated carbocycles. The number of benzene rings is 1. The summed E-state index contributed by atoms with van der Waals surface area (Å²) in [6.07, 6.45) is -3.74. The Morgan fingerprint density at radius 1 is 1.15 bits per heavy atom. The van der Waals surface area contributed by atoms with E-state index in [2.05, 4.69) is 0 Å². The second kappa shape index (κ2) is 5.71. The Morgan fingerprint density at radius 2 is 1.80 bits per heavy atom. The second-order valence-electron chi connectivity index (χ2n) is 4.18. The standard InChI is InChI=1S/C14H10ClF3O2/c15-9-6-7-11(12(8-9)14(16,17)18)13(19)20-10-4-2-1-3-5-10/h1-5,8H,6-7H2. The van der Waals surface area contributed by atoms with Crippen LogP contribution in [0.1, 0.15) is 12.8 Å². The number of hydrogen-bond acceptors (Lipinski definition) is 2. The van der Waals surface area contributed by atoms with E-state index in [9.17, 15) is 18.0 Å². The van der Waals surface area contributed by atoms with Gasteiger partial charge in [0.1, 0.15) is 5.75 Å². The zero-order valence-electron chi connectivity index (χ0n) is 10.2. The predicted octanol–water partition coefficient (Wildman–Crippen LogP) is 4.37. The van der Waals surface area contributed by atoms with E-state index >= 15 is 0 Å². The summed E-state index contributed by atoms with van der Waals surface area (Å²) >= 11 is 5.62. The highest BCUT2D eigenvalue weighted by Crippen LogP contribution is 2.37. The van der Waals surface area contributed by atoms with E-state index in [4.69, 9.17) is 16.3 Å². The van der Waals surface area contributed by atoms with Crippen LogP contribution < -0.4 is 4.74 Å². The Hall–Kier alpha value is -1.75. The number of halogens is 4. The maximum absolute atomic E-state index is 12.9. The molecule has 0 radical (unpaired) electrons. The molecule has 0 fully saturated rings. The molecule has 0 saturated heterocycles. The number of rotatable bonds is 2. The minimum Gasteiger partial charge on any atom is -0.423 e. The fourth-order valence-corrected chi connectivity index (χ4v) is 2.02. The summed E-state index contributed by atoms with van der Waals surface area (Å²) in [5.74, 6) is -0.795. The van der Waals surface area contributed by atoms with E-state index in [0.717, 1.165) is 6.08 Å². The van der Waals surface area contributed by atoms with Crippen molar-refractivity contribution in [3.8, 4) is 5.75 Å². The highest BCUT2D eigenvalue weighted by atomic mass is 35.5. The maximum Gasteiger partial charge on any atom is 0.416 e. The fourth-order valence-electron chi connectivity index (χ4n) is 1.82. The molecule has 2 rings (SSSR count). The Kier molecular flexibility index (Phi) is 4.18. The summed E-state index contributed by atoms with van der Waals surface area (Å²) in [5, 5.41) is 0.0774. The SMILES string of the molecule is O=C(Oc1ccccc1)C1=C(C(F)(F)F)C=C(Cl)CC1. The molecule has 0 atom stereocenters. The molecule has 1 aliphatic rings. The highest BCUT2D eigenvalue weighted by Gasteiger charge is 2.38. The van der Waals surface area contributed by atoms with E-state index in [0.29, 0.717) is 0 Å². The minimum atomic E-state index is -4.63. The van der Waals surface area contributed by atoms with Crippen LogP contribution in [0.15, 0.2) is 52.6 Å². The summed E-state index contributed by atoms with van der Waals surface area (Å²) < 4.78 is 43.6. The predicted molar refractivity (Wildman–Crippen MR) is 68.3 cm³/mol. The Labute approximate surface area is 118 Å². The van der Waals surface area contributed by atoms with Crippen molar-refractivity contribution in [2.24, 2.45) is 0 Å². The summed E-state index contributed by atoms with van der Waals surface area (Å²) in [6, 6.07) is 7.95. The summed E-state index contributed by atoms with van der Waals surface area (Å²) in [7, 11) is 0. The smallest absolute Gasteiger partial charge is 0.416 e. The van der Waals surface area contributed by atoms with Crippen molar-refractivity contribution in [1.82, 2.24) is 0 Å². The monoisotopic (exact) mass is 302 g/mol. The third kappa shape index (κ3) is 3.42. The Bertz CT molecular complexity index is 574. The lowest BCUT2D eigenvalue weighted by atomic mass is 9.97. The molecule has 1 aromatic carbocycles. The second-order valence-corrected chi connectivity index (χ2v) is 4.67. The topological polar surface area (TPSA) is 26.3 Å². The number of carbonyl (C=O) groups excluding carboxylic acids is 1. The van der Waals surface area contributed by atoms with Crippen molar-refractivity contribution in [1.29, 1.82) is 0 Å². The zero-order chi connectivity index (χ0) is 14.8. The molecule has 0 unspecified atom stereocenters. The number of para-hydroxylation sites is 1. The van der Waals surface area contributed by atoms with Crippen LogP contribution in [0.25, 0.3) is 0 Å². The molecule has 0 aromatic heterocycles. The van der Waals surface area contributed by atoms with Crippen molar-refractivity contribution in [3.63, 3.8) is 0 Å². The number of ether oxygens (including phenoxy) is 1. The van der Waals surface area contributed by atoms with Gasteiger partial charge >= 0.3 is 12.1 Å². The van der Waals surface area contributed by atoms with Crippen molar-refractivity contribution in [2.45, 2.75) is 19.0 Å². The first kappa shape index (κ1) is 14.7. The first-order chi connectivity index (χ1) is 9.38. The third-order valence-corrected chi connectivity index (χ3v) is 3.04. The van der Waals surface area contributed by atoms with Crippen LogP contribution in [0.2, 0.25) is 0 Å². The molecule has 20 heavy (non-hydrogen) atoms. The van der Waals surface area contributed by atoms with Gasteiger partial charge < -0.3 is 4.74 Å². The van der Waals surface area contributed by atoms with Gasteiger partial charge in [0.05, 0.1) is 11.1 Å². The zero-order valence-corrected chi connectivity index (χ0v) is 11.0. The first-order valence-corrected chi connectivity index (χ1v) is 6.19. The minimum absolute atomic E-state index is 0.0774. The molecule has 6 heteroatoms. The third-order valence-electron chi connectivity index (χ3n) is 2.75. The lowest BCUT2D eigenvalue weighted by Crippen LogP contribution is -2.22. The van der Waals surface area contributed by atoms with Crippen LogP contribution in [0, 0.1) is 0 Å². The number of allylic oxidation sites excluding steroid dienone is 3. The average Bonchev–Trinajstić information content (AvgIpc) is 2.38. The number of alkyl halides is 3.